The number of fused-ring (bicyclic) bond motifs is 1. The minimum absolute atomic E-state index is 0.196. The molecule has 0 aliphatic carbocycles. The summed E-state index contributed by atoms with van der Waals surface area (Å²) in [6.07, 6.45) is 1.65. The molecule has 0 saturated carbocycles. The summed E-state index contributed by atoms with van der Waals surface area (Å²) in [6, 6.07) is 18.6. The fraction of sp³-hybridized carbons (Fsp3) is 0.160. The van der Waals surface area contributed by atoms with Crippen molar-refractivity contribution in [1.29, 1.82) is 0 Å². The van der Waals surface area contributed by atoms with Crippen molar-refractivity contribution in [2.24, 2.45) is 0 Å². The number of hydrogen-bond donors (Lipinski definition) is 0. The van der Waals surface area contributed by atoms with Gasteiger partial charge in [0.25, 0.3) is 0 Å². The van der Waals surface area contributed by atoms with Crippen LogP contribution in [0, 0.1) is 0 Å². The van der Waals surface area contributed by atoms with Gasteiger partial charge in [-0.05, 0) is 41.5 Å². The van der Waals surface area contributed by atoms with Gasteiger partial charge in [0.05, 0.1) is 26.9 Å². The van der Waals surface area contributed by atoms with Crippen molar-refractivity contribution in [3.05, 3.63) is 83.1 Å². The number of ketones is 1. The van der Waals surface area contributed by atoms with Crippen LogP contribution in [0.2, 0.25) is 0 Å². The second-order valence-corrected chi connectivity index (χ2v) is 6.83. The molecule has 0 radical (unpaired) electrons. The monoisotopic (exact) mass is 418 g/mol. The van der Waals surface area contributed by atoms with Crippen LogP contribution in [0.5, 0.6) is 28.7 Å². The quantitative estimate of drug-likeness (QED) is 0.508. The largest absolute Gasteiger partial charge is 0.493 e. The summed E-state index contributed by atoms with van der Waals surface area (Å²) in [5, 5.41) is 0. The average molecular weight is 418 g/mol. The summed E-state index contributed by atoms with van der Waals surface area (Å²) in [6.45, 7) is 0.432. The maximum atomic E-state index is 12.8. The summed E-state index contributed by atoms with van der Waals surface area (Å²) in [4.78, 5) is 12.8. The van der Waals surface area contributed by atoms with Gasteiger partial charge in [0.2, 0.25) is 11.5 Å². The van der Waals surface area contributed by atoms with Gasteiger partial charge in [0.1, 0.15) is 18.1 Å². The van der Waals surface area contributed by atoms with Crippen molar-refractivity contribution < 1.29 is 28.5 Å². The number of methoxy groups -OCH3 is 3. The Morgan fingerprint density at radius 3 is 2.23 bits per heavy atom. The molecule has 6 heteroatoms. The molecule has 0 unspecified atom stereocenters. The first-order valence-corrected chi connectivity index (χ1v) is 9.68. The molecule has 0 amide bonds. The lowest BCUT2D eigenvalue weighted by atomic mass is 10.1. The standard InChI is InChI=1S/C25H22O6/c1-27-22-12-17(13-23(28-2)25(22)29-3)11-21-24(26)19-10-9-18(14-20(19)31-21)30-15-16-7-5-4-6-8-16/h4-14H,15H2,1-3H3/b21-11+. The molecule has 0 saturated heterocycles. The number of allylic oxidation sites excluding steroid dienone is 1. The Balaban J connectivity index is 1.57. The minimum atomic E-state index is -0.196. The number of carbonyl (C=O) groups is 1. The highest BCUT2D eigenvalue weighted by Crippen LogP contribution is 2.40. The summed E-state index contributed by atoms with van der Waals surface area (Å²) in [5.74, 6) is 2.58. The van der Waals surface area contributed by atoms with Crippen molar-refractivity contribution >= 4 is 11.9 Å². The minimum Gasteiger partial charge on any atom is -0.493 e. The molecule has 0 bridgehead atoms. The van der Waals surface area contributed by atoms with Crippen LogP contribution in [0.1, 0.15) is 21.5 Å². The molecular weight excluding hydrogens is 396 g/mol. The number of benzene rings is 3. The molecule has 4 rings (SSSR count). The molecule has 0 aromatic heterocycles. The smallest absolute Gasteiger partial charge is 0.231 e. The molecule has 1 heterocycles. The third kappa shape index (κ3) is 4.19. The van der Waals surface area contributed by atoms with Crippen LogP contribution < -0.4 is 23.7 Å². The second kappa shape index (κ2) is 8.83. The van der Waals surface area contributed by atoms with E-state index >= 15 is 0 Å². The van der Waals surface area contributed by atoms with E-state index in [0.29, 0.717) is 46.5 Å². The average Bonchev–Trinajstić information content (AvgIpc) is 3.12. The topological polar surface area (TPSA) is 63.2 Å². The Morgan fingerprint density at radius 1 is 0.871 bits per heavy atom. The van der Waals surface area contributed by atoms with E-state index in [-0.39, 0.29) is 11.5 Å². The highest BCUT2D eigenvalue weighted by molar-refractivity contribution is 6.14. The van der Waals surface area contributed by atoms with Crippen molar-refractivity contribution in [2.75, 3.05) is 21.3 Å². The number of hydrogen-bond acceptors (Lipinski definition) is 6. The Hall–Kier alpha value is -3.93. The zero-order valence-electron chi connectivity index (χ0n) is 17.5. The lowest BCUT2D eigenvalue weighted by molar-refractivity contribution is 0.101. The van der Waals surface area contributed by atoms with Gasteiger partial charge in [-0.15, -0.1) is 0 Å². The molecule has 31 heavy (non-hydrogen) atoms. The number of ether oxygens (including phenoxy) is 5. The van der Waals surface area contributed by atoms with Gasteiger partial charge in [-0.3, -0.25) is 4.79 Å². The maximum Gasteiger partial charge on any atom is 0.231 e. The fourth-order valence-corrected chi connectivity index (χ4v) is 3.33. The van der Waals surface area contributed by atoms with E-state index in [1.807, 2.05) is 30.3 Å². The Kier molecular flexibility index (Phi) is 5.80. The highest BCUT2D eigenvalue weighted by atomic mass is 16.5. The summed E-state index contributed by atoms with van der Waals surface area (Å²) < 4.78 is 27.8. The molecule has 1 aliphatic heterocycles. The van der Waals surface area contributed by atoms with E-state index in [2.05, 4.69) is 0 Å². The van der Waals surface area contributed by atoms with Crippen LogP contribution in [0.3, 0.4) is 0 Å². The van der Waals surface area contributed by atoms with Crippen LogP contribution in [0.25, 0.3) is 6.08 Å². The highest BCUT2D eigenvalue weighted by Gasteiger charge is 2.28. The SMILES string of the molecule is COc1cc(/C=C2/Oc3cc(OCc4ccccc4)ccc3C2=O)cc(OC)c1OC. The Morgan fingerprint density at radius 2 is 1.58 bits per heavy atom. The van der Waals surface area contributed by atoms with E-state index < -0.39 is 0 Å². The van der Waals surface area contributed by atoms with E-state index in [0.717, 1.165) is 5.56 Å². The summed E-state index contributed by atoms with van der Waals surface area (Å²) >= 11 is 0. The number of Topliss-reactive ketones (excluding diaryl/α,β-unsaturated/α-hetero) is 1. The van der Waals surface area contributed by atoms with Gasteiger partial charge >= 0.3 is 0 Å². The van der Waals surface area contributed by atoms with Gasteiger partial charge in [0.15, 0.2) is 17.3 Å². The fourth-order valence-electron chi connectivity index (χ4n) is 3.33. The third-order valence-corrected chi connectivity index (χ3v) is 4.87. The normalized spacial score (nSPS) is 13.5. The van der Waals surface area contributed by atoms with Gasteiger partial charge in [-0.1, -0.05) is 30.3 Å². The molecular formula is C25H22O6. The van der Waals surface area contributed by atoms with E-state index in [4.69, 9.17) is 23.7 Å². The second-order valence-electron chi connectivity index (χ2n) is 6.83. The van der Waals surface area contributed by atoms with E-state index in [1.54, 1.807) is 36.4 Å². The zero-order valence-corrected chi connectivity index (χ0v) is 17.5. The molecule has 3 aromatic carbocycles. The van der Waals surface area contributed by atoms with Crippen LogP contribution >= 0.6 is 0 Å². The summed E-state index contributed by atoms with van der Waals surface area (Å²) in [7, 11) is 4.62. The van der Waals surface area contributed by atoms with Gasteiger partial charge in [-0.25, -0.2) is 0 Å². The van der Waals surface area contributed by atoms with Gasteiger partial charge < -0.3 is 23.7 Å². The van der Waals surface area contributed by atoms with Crippen molar-refractivity contribution in [2.45, 2.75) is 6.61 Å². The number of rotatable bonds is 7. The molecule has 0 atom stereocenters. The maximum absolute atomic E-state index is 12.8. The molecule has 1 aliphatic rings. The molecule has 6 nitrogen and oxygen atoms in total. The molecule has 0 N–H and O–H groups in total. The molecule has 3 aromatic rings. The lowest BCUT2D eigenvalue weighted by Crippen LogP contribution is -1.99. The van der Waals surface area contributed by atoms with Gasteiger partial charge in [-0.2, -0.15) is 0 Å². The Labute approximate surface area is 180 Å². The van der Waals surface area contributed by atoms with Crippen LogP contribution in [0.15, 0.2) is 66.4 Å². The first-order chi connectivity index (χ1) is 15.1. The number of carbonyl (C=O) groups excluding carboxylic acids is 1. The van der Waals surface area contributed by atoms with Crippen LogP contribution in [-0.4, -0.2) is 27.1 Å². The molecule has 158 valence electrons. The molecule has 0 spiro atoms. The first-order valence-electron chi connectivity index (χ1n) is 9.68. The predicted octanol–water partition coefficient (Wildman–Crippen LogP) is 4.91. The van der Waals surface area contributed by atoms with E-state index in [1.165, 1.54) is 21.3 Å². The van der Waals surface area contributed by atoms with Crippen molar-refractivity contribution in [1.82, 2.24) is 0 Å². The molecule has 0 fully saturated rings. The lowest BCUT2D eigenvalue weighted by Gasteiger charge is -2.13. The third-order valence-electron chi connectivity index (χ3n) is 4.87. The van der Waals surface area contributed by atoms with E-state index in [9.17, 15) is 4.79 Å². The van der Waals surface area contributed by atoms with Crippen molar-refractivity contribution in [3.8, 4) is 28.7 Å². The van der Waals surface area contributed by atoms with Gasteiger partial charge in [0, 0.05) is 6.07 Å². The Bertz CT molecular complexity index is 1110. The summed E-state index contributed by atoms with van der Waals surface area (Å²) in [5.41, 5.74) is 2.24. The zero-order chi connectivity index (χ0) is 21.8. The predicted molar refractivity (Wildman–Crippen MR) is 116 cm³/mol. The van der Waals surface area contributed by atoms with Crippen LogP contribution in [0.4, 0.5) is 0 Å². The van der Waals surface area contributed by atoms with Crippen LogP contribution in [-0.2, 0) is 6.61 Å². The van der Waals surface area contributed by atoms with Crippen molar-refractivity contribution in [3.63, 3.8) is 0 Å². The first kappa shape index (κ1) is 20.3.